The number of hydrogen-bond donors (Lipinski definition) is 3. The van der Waals surface area contributed by atoms with Crippen molar-refractivity contribution in [1.29, 1.82) is 0 Å². The van der Waals surface area contributed by atoms with E-state index in [0.717, 1.165) is 44.5 Å². The summed E-state index contributed by atoms with van der Waals surface area (Å²) < 4.78 is 26.6. The van der Waals surface area contributed by atoms with Crippen LogP contribution in [0.1, 0.15) is 80.1 Å². The van der Waals surface area contributed by atoms with Crippen LogP contribution in [-0.4, -0.2) is 93.7 Å². The van der Waals surface area contributed by atoms with Crippen molar-refractivity contribution in [3.8, 4) is 17.2 Å². The molecule has 0 spiro atoms. The second-order valence-electron chi connectivity index (χ2n) is 22.6. The molecule has 13 rings (SSSR count). The quantitative estimate of drug-likeness (QED) is 0.00871. The van der Waals surface area contributed by atoms with Crippen molar-refractivity contribution in [2.24, 2.45) is 12.2 Å². The zero-order valence-electron chi connectivity index (χ0n) is 52.7. The highest BCUT2D eigenvalue weighted by atomic mass is 32.2. The monoisotopic (exact) mass is 1340 g/mol. The number of esters is 1. The number of amides is 2. The van der Waals surface area contributed by atoms with Gasteiger partial charge in [0.05, 0.1) is 12.8 Å². The van der Waals surface area contributed by atoms with Crippen molar-refractivity contribution in [3.63, 3.8) is 0 Å². The first kappa shape index (κ1) is 64.8. The lowest BCUT2D eigenvalue weighted by Gasteiger charge is -2.49. The van der Waals surface area contributed by atoms with Gasteiger partial charge in [0.2, 0.25) is 5.16 Å². The second kappa shape index (κ2) is 29.8. The third-order valence-electron chi connectivity index (χ3n) is 16.4. The molecule has 22 heteroatoms. The van der Waals surface area contributed by atoms with E-state index in [-0.39, 0.29) is 52.4 Å². The van der Waals surface area contributed by atoms with Crippen molar-refractivity contribution in [2.45, 2.75) is 54.1 Å². The zero-order valence-corrected chi connectivity index (χ0v) is 55.1. The molecule has 0 aliphatic carbocycles. The van der Waals surface area contributed by atoms with Crippen LogP contribution in [0.5, 0.6) is 17.2 Å². The van der Waals surface area contributed by atoms with Gasteiger partial charge < -0.3 is 39.5 Å². The molecule has 11 aromatic rings. The summed E-state index contributed by atoms with van der Waals surface area (Å²) in [5, 5.41) is 37.1. The van der Waals surface area contributed by atoms with Gasteiger partial charge in [-0.1, -0.05) is 241 Å². The van der Waals surface area contributed by atoms with Gasteiger partial charge in [-0.15, -0.1) is 28.2 Å². The number of tetrazole rings is 1. The number of anilines is 1. The second-order valence-corrected chi connectivity index (χ2v) is 25.5. The maximum Gasteiger partial charge on any atom is 0.356 e. The third-order valence-corrected chi connectivity index (χ3v) is 19.6. The Labute approximate surface area is 572 Å². The van der Waals surface area contributed by atoms with E-state index < -0.39 is 53.2 Å². The molecule has 19 nitrogen and oxygen atoms in total. The number of ether oxygens (including phenoxy) is 4. The van der Waals surface area contributed by atoms with Crippen LogP contribution in [0.4, 0.5) is 5.13 Å². The molecule has 0 bridgehead atoms. The number of thiazole rings is 1. The lowest BCUT2D eigenvalue weighted by molar-refractivity contribution is -0.170. The molecule has 1 fully saturated rings. The van der Waals surface area contributed by atoms with Gasteiger partial charge in [-0.05, 0) is 79.6 Å². The molecule has 486 valence electrons. The molecule has 2 aliphatic heterocycles. The van der Waals surface area contributed by atoms with Gasteiger partial charge in [-0.25, -0.2) is 19.4 Å². The smallest absolute Gasteiger partial charge is 0.356 e. The minimum Gasteiger partial charge on any atom is -0.504 e. The number of aryl methyl sites for hydroxylation is 2. The first-order chi connectivity index (χ1) is 47.5. The fourth-order valence-electron chi connectivity index (χ4n) is 11.6. The van der Waals surface area contributed by atoms with Crippen LogP contribution < -0.4 is 20.1 Å². The Morgan fingerprint density at radius 2 is 1.26 bits per heavy atom. The number of pyridine rings is 1. The van der Waals surface area contributed by atoms with Gasteiger partial charge >= 0.3 is 5.97 Å². The number of nitrogens with zero attached hydrogens (tertiary/aromatic N) is 8. The highest BCUT2D eigenvalue weighted by Crippen LogP contribution is 2.45. The summed E-state index contributed by atoms with van der Waals surface area (Å²) >= 11 is 3.92. The molecule has 5 heterocycles. The van der Waals surface area contributed by atoms with E-state index in [2.05, 4.69) is 26.2 Å². The molecule has 1 saturated heterocycles. The van der Waals surface area contributed by atoms with Crippen molar-refractivity contribution >= 4 is 63.5 Å². The SMILES string of the molecule is COc1ccc(COc2c(O)cc(C(ON=C(C(=O)NC3C(=O)N4C(C(=O)OC(c5ccccc5)c5ccccc5)=C(CSc5nnnn5C)CS[C@@H]34)c3csc(NC(c4ccccc4)(c4ccccc4)c4ccccc4)n3)OC(c3ccccc3)c3ccccc3)nc2C)cc1. The van der Waals surface area contributed by atoms with Crippen LogP contribution in [0.2, 0.25) is 0 Å². The number of oxime groups is 1. The Bertz CT molecular complexity index is 4380. The summed E-state index contributed by atoms with van der Waals surface area (Å²) in [6.45, 7) is 1.79. The Kier molecular flexibility index (Phi) is 19.9. The Morgan fingerprint density at radius 1 is 0.722 bits per heavy atom. The minimum atomic E-state index is -1.55. The third kappa shape index (κ3) is 14.2. The van der Waals surface area contributed by atoms with Crippen molar-refractivity contribution < 1.29 is 43.3 Å². The molecular weight excluding hydrogens is 1280 g/mol. The number of aromatic hydroxyl groups is 1. The van der Waals surface area contributed by atoms with E-state index in [9.17, 15) is 5.11 Å². The summed E-state index contributed by atoms with van der Waals surface area (Å²) in [5.74, 6) is -1.10. The highest BCUT2D eigenvalue weighted by Gasteiger charge is 2.55. The Hall–Kier alpha value is -10.9. The molecule has 0 saturated carbocycles. The number of hydrogen-bond acceptors (Lipinski definition) is 19. The van der Waals surface area contributed by atoms with E-state index in [1.165, 1.54) is 50.5 Å². The van der Waals surface area contributed by atoms with Crippen LogP contribution in [0.25, 0.3) is 0 Å². The van der Waals surface area contributed by atoms with Gasteiger partial charge in [0, 0.05) is 30.0 Å². The van der Waals surface area contributed by atoms with E-state index in [4.69, 9.17) is 38.9 Å². The topological polar surface area (TPSA) is 227 Å². The van der Waals surface area contributed by atoms with Gasteiger partial charge in [0.1, 0.15) is 52.5 Å². The number of nitrogens with one attached hydrogen (secondary N) is 2. The lowest BCUT2D eigenvalue weighted by atomic mass is 9.77. The fourth-order valence-corrected chi connectivity index (χ4v) is 14.7. The van der Waals surface area contributed by atoms with Crippen molar-refractivity contribution in [2.75, 3.05) is 23.9 Å². The number of methoxy groups -OCH3 is 1. The molecule has 2 amide bonds. The zero-order chi connectivity index (χ0) is 66.7. The summed E-state index contributed by atoms with van der Waals surface area (Å²) in [6, 6.07) is 75.4. The van der Waals surface area contributed by atoms with Crippen LogP contribution in [0.3, 0.4) is 0 Å². The summed E-state index contributed by atoms with van der Waals surface area (Å²) in [7, 11) is 3.31. The predicted octanol–water partition coefficient (Wildman–Crippen LogP) is 13.1. The van der Waals surface area contributed by atoms with Gasteiger partial charge in [0.25, 0.3) is 18.1 Å². The summed E-state index contributed by atoms with van der Waals surface area (Å²) in [6.07, 6.45) is -3.21. The number of rotatable bonds is 26. The number of thioether (sulfide) groups is 2. The number of carbonyl (C=O) groups is 3. The average Bonchev–Trinajstić information content (AvgIpc) is 0.765. The molecular formula is C75H64N10O9S3. The standard InChI is InChI=1S/C75H64N10O9S3/c1-48-65(91-44-49-39-41-58(90-3)42-40-49)61(86)43-59(76-48)72(93-67(52-29-15-6-16-30-52)53-31-17-7-18-32-53)94-81-62(60-47-96-73(77-60)79-75(55-33-19-8-20-34-55,56-35-21-9-22-36-56)57-37-23-10-24-38-57)68(87)78-63-69(88)85-64(54(45-95-70(63)85)46-97-74-80-82-83-84(74)2)71(89)92-66(50-25-11-4-12-26-50)51-27-13-5-14-28-51/h4-43,47,63,66-67,70,72H,44-46H2,1-3H3,(H,76,86)(H,77,79)(H,78,87)/t63?,70-,72?/m0/s1. The normalized spacial score (nSPS) is 14.9. The largest absolute Gasteiger partial charge is 0.504 e. The average molecular weight is 1350 g/mol. The fraction of sp³-hybridized carbons (Fsp3) is 0.160. The van der Waals surface area contributed by atoms with Crippen molar-refractivity contribution in [1.82, 2.24) is 40.4 Å². The molecule has 3 atom stereocenters. The predicted molar refractivity (Wildman–Crippen MR) is 371 cm³/mol. The molecule has 2 aliphatic rings. The van der Waals surface area contributed by atoms with Crippen molar-refractivity contribution in [3.05, 3.63) is 321 Å². The van der Waals surface area contributed by atoms with Gasteiger partial charge in [-0.3, -0.25) is 14.5 Å². The maximum absolute atomic E-state index is 15.7. The summed E-state index contributed by atoms with van der Waals surface area (Å²) in [4.78, 5) is 64.1. The van der Waals surface area contributed by atoms with E-state index in [1.807, 2.05) is 237 Å². The number of fused-ring (bicyclic) bond motifs is 1. The molecule has 3 N–H and O–H groups in total. The number of β-lactam (4-membered cyclic amide) rings is 1. The molecule has 2 unspecified atom stereocenters. The molecule has 8 aromatic carbocycles. The molecule has 3 aromatic heterocycles. The maximum atomic E-state index is 15.7. The summed E-state index contributed by atoms with van der Waals surface area (Å²) in [5.41, 5.74) is 6.23. The van der Waals surface area contributed by atoms with Crippen LogP contribution in [0, 0.1) is 6.92 Å². The Morgan fingerprint density at radius 3 is 1.77 bits per heavy atom. The van der Waals surface area contributed by atoms with Crippen LogP contribution >= 0.6 is 34.9 Å². The van der Waals surface area contributed by atoms with E-state index in [0.29, 0.717) is 27.3 Å². The first-order valence-electron chi connectivity index (χ1n) is 31.0. The first-order valence-corrected chi connectivity index (χ1v) is 33.9. The number of benzene rings is 8. The number of carbonyl (C=O) groups excluding carboxylic acids is 3. The molecule has 0 radical (unpaired) electrons. The lowest BCUT2D eigenvalue weighted by Crippen LogP contribution is -2.71. The van der Waals surface area contributed by atoms with Gasteiger partial charge in [-0.2, -0.15) is 0 Å². The van der Waals surface area contributed by atoms with E-state index >= 15 is 14.4 Å². The number of aromatic nitrogens is 6. The van der Waals surface area contributed by atoms with E-state index in [1.54, 1.807) is 26.5 Å². The van der Waals surface area contributed by atoms with Crippen LogP contribution in [0.15, 0.2) is 270 Å². The van der Waals surface area contributed by atoms with Gasteiger partial charge in [0.15, 0.2) is 28.4 Å². The molecule has 97 heavy (non-hydrogen) atoms. The van der Waals surface area contributed by atoms with Crippen LogP contribution in [-0.2, 0) is 47.9 Å². The minimum absolute atomic E-state index is 0.0551. The highest BCUT2D eigenvalue weighted by molar-refractivity contribution is 8.01. The Balaban J connectivity index is 0.885.